The molecular weight excluding hydrogens is 305 g/mol. The van der Waals surface area contributed by atoms with Crippen molar-refractivity contribution >= 4 is 5.91 Å². The molecule has 0 unspecified atom stereocenters. The van der Waals surface area contributed by atoms with Gasteiger partial charge < -0.3 is 5.32 Å². The lowest BCUT2D eigenvalue weighted by Crippen LogP contribution is -2.25. The summed E-state index contributed by atoms with van der Waals surface area (Å²) in [6.07, 6.45) is 3.76. The van der Waals surface area contributed by atoms with E-state index >= 15 is 0 Å². The summed E-state index contributed by atoms with van der Waals surface area (Å²) in [5.41, 5.74) is 2.63. The van der Waals surface area contributed by atoms with Gasteiger partial charge in [-0.1, -0.05) is 18.2 Å². The number of hydrogen-bond acceptors (Lipinski definition) is 2. The van der Waals surface area contributed by atoms with Crippen molar-refractivity contribution in [2.24, 2.45) is 0 Å². The summed E-state index contributed by atoms with van der Waals surface area (Å²) in [5.74, 6) is -0.454. The minimum Gasteiger partial charge on any atom is -0.349 e. The highest BCUT2D eigenvalue weighted by Crippen LogP contribution is 2.26. The van der Waals surface area contributed by atoms with Crippen LogP contribution in [0.2, 0.25) is 0 Å². The van der Waals surface area contributed by atoms with Gasteiger partial charge in [0.05, 0.1) is 11.3 Å². The summed E-state index contributed by atoms with van der Waals surface area (Å²) < 4.78 is 14.9. The predicted octanol–water partition coefficient (Wildman–Crippen LogP) is 3.57. The van der Waals surface area contributed by atoms with Gasteiger partial charge in [0.2, 0.25) is 0 Å². The number of amides is 1. The minimum atomic E-state index is -0.315. The van der Waals surface area contributed by atoms with Crippen LogP contribution in [-0.2, 0) is 0 Å². The average Bonchev–Trinajstić information content (AvgIpc) is 3.31. The van der Waals surface area contributed by atoms with Gasteiger partial charge in [0, 0.05) is 17.8 Å². The van der Waals surface area contributed by atoms with Gasteiger partial charge >= 0.3 is 0 Å². The van der Waals surface area contributed by atoms with Gasteiger partial charge in [-0.2, -0.15) is 5.10 Å². The van der Waals surface area contributed by atoms with E-state index in [9.17, 15) is 9.18 Å². The highest BCUT2D eigenvalue weighted by molar-refractivity contribution is 6.00. The lowest BCUT2D eigenvalue weighted by molar-refractivity contribution is 0.0951. The molecule has 24 heavy (non-hydrogen) atoms. The second-order valence-corrected chi connectivity index (χ2v) is 5.93. The molecule has 0 aliphatic heterocycles. The van der Waals surface area contributed by atoms with Crippen LogP contribution in [0.4, 0.5) is 4.39 Å². The minimum absolute atomic E-state index is 0.140. The summed E-state index contributed by atoms with van der Waals surface area (Å²) in [5, 5.41) is 7.55. The van der Waals surface area contributed by atoms with Crippen molar-refractivity contribution in [1.82, 2.24) is 15.1 Å². The van der Waals surface area contributed by atoms with Crippen LogP contribution < -0.4 is 5.32 Å². The Morgan fingerprint density at radius 3 is 2.46 bits per heavy atom. The van der Waals surface area contributed by atoms with Crippen molar-refractivity contribution < 1.29 is 9.18 Å². The zero-order chi connectivity index (χ0) is 16.5. The van der Waals surface area contributed by atoms with Crippen molar-refractivity contribution in [3.63, 3.8) is 0 Å². The Balaban J connectivity index is 1.78. The normalized spacial score (nSPS) is 13.7. The Morgan fingerprint density at radius 2 is 1.79 bits per heavy atom. The molecule has 0 radical (unpaired) electrons. The molecule has 4 rings (SSSR count). The fraction of sp³-hybridized carbons (Fsp3) is 0.158. The molecule has 0 atom stereocenters. The second kappa shape index (κ2) is 5.92. The first-order valence-corrected chi connectivity index (χ1v) is 7.92. The number of carbonyl (C=O) groups is 1. The molecule has 1 N–H and O–H groups in total. The van der Waals surface area contributed by atoms with Crippen LogP contribution in [0.5, 0.6) is 0 Å². The van der Waals surface area contributed by atoms with Crippen molar-refractivity contribution in [2.75, 3.05) is 0 Å². The third kappa shape index (κ3) is 2.93. The number of carbonyl (C=O) groups excluding carboxylic acids is 1. The molecule has 1 heterocycles. The molecule has 4 nitrogen and oxygen atoms in total. The van der Waals surface area contributed by atoms with Gasteiger partial charge in [-0.15, -0.1) is 0 Å². The summed E-state index contributed by atoms with van der Waals surface area (Å²) in [6.45, 7) is 0. The van der Waals surface area contributed by atoms with E-state index in [0.29, 0.717) is 16.8 Å². The quantitative estimate of drug-likeness (QED) is 0.798. The Bertz CT molecular complexity index is 867. The van der Waals surface area contributed by atoms with E-state index in [4.69, 9.17) is 0 Å². The lowest BCUT2D eigenvalue weighted by Gasteiger charge is -2.03. The van der Waals surface area contributed by atoms with Crippen LogP contribution in [0.3, 0.4) is 0 Å². The third-order valence-corrected chi connectivity index (χ3v) is 4.01. The maximum absolute atomic E-state index is 13.2. The highest BCUT2D eigenvalue weighted by Gasteiger charge is 2.26. The largest absolute Gasteiger partial charge is 0.349 e. The maximum atomic E-state index is 13.2. The summed E-state index contributed by atoms with van der Waals surface area (Å²) in [4.78, 5) is 12.6. The average molecular weight is 321 g/mol. The fourth-order valence-corrected chi connectivity index (χ4v) is 2.56. The molecule has 1 fully saturated rings. The highest BCUT2D eigenvalue weighted by atomic mass is 19.1. The summed E-state index contributed by atoms with van der Waals surface area (Å²) in [6, 6.07) is 15.9. The van der Waals surface area contributed by atoms with Gasteiger partial charge in [-0.25, -0.2) is 9.07 Å². The molecule has 0 bridgehead atoms. The molecule has 1 aromatic heterocycles. The van der Waals surface area contributed by atoms with Crippen molar-refractivity contribution in [1.29, 1.82) is 0 Å². The molecule has 1 aliphatic carbocycles. The SMILES string of the molecule is O=C(NC1CC1)c1cn(-c2ccccc2)nc1-c1ccc(F)cc1. The number of aromatic nitrogens is 2. The van der Waals surface area contributed by atoms with E-state index < -0.39 is 0 Å². The molecule has 3 aromatic rings. The van der Waals surface area contributed by atoms with Gasteiger partial charge in [-0.3, -0.25) is 4.79 Å². The van der Waals surface area contributed by atoms with Crippen LogP contribution in [-0.4, -0.2) is 21.7 Å². The van der Waals surface area contributed by atoms with Gasteiger partial charge in [0.15, 0.2) is 0 Å². The monoisotopic (exact) mass is 321 g/mol. The van der Waals surface area contributed by atoms with Gasteiger partial charge in [-0.05, 0) is 49.2 Å². The molecule has 0 saturated heterocycles. The standard InChI is InChI=1S/C19H16FN3O/c20-14-8-6-13(7-9-14)18-17(19(24)21-15-10-11-15)12-23(22-18)16-4-2-1-3-5-16/h1-9,12,15H,10-11H2,(H,21,24). The maximum Gasteiger partial charge on any atom is 0.255 e. The number of benzene rings is 2. The number of hydrogen-bond donors (Lipinski definition) is 1. The predicted molar refractivity (Wildman–Crippen MR) is 89.4 cm³/mol. The first-order valence-electron chi connectivity index (χ1n) is 7.92. The number of halogens is 1. The summed E-state index contributed by atoms with van der Waals surface area (Å²) in [7, 11) is 0. The van der Waals surface area contributed by atoms with Crippen molar-refractivity contribution in [3.8, 4) is 16.9 Å². The van der Waals surface area contributed by atoms with Crippen molar-refractivity contribution in [2.45, 2.75) is 18.9 Å². The Labute approximate surface area is 138 Å². The zero-order valence-electron chi connectivity index (χ0n) is 12.9. The van der Waals surface area contributed by atoms with Crippen LogP contribution in [0.1, 0.15) is 23.2 Å². The number of rotatable bonds is 4. The Morgan fingerprint density at radius 1 is 1.08 bits per heavy atom. The van der Waals surface area contributed by atoms with E-state index in [1.54, 1.807) is 23.0 Å². The lowest BCUT2D eigenvalue weighted by atomic mass is 10.1. The van der Waals surface area contributed by atoms with Gasteiger partial charge in [0.1, 0.15) is 11.5 Å². The smallest absolute Gasteiger partial charge is 0.255 e. The van der Waals surface area contributed by atoms with Crippen molar-refractivity contribution in [3.05, 3.63) is 72.2 Å². The zero-order valence-corrected chi connectivity index (χ0v) is 12.9. The first kappa shape index (κ1) is 14.6. The van der Waals surface area contributed by atoms with Crippen LogP contribution in [0.15, 0.2) is 60.8 Å². The molecule has 5 heteroatoms. The van der Waals surface area contributed by atoms with Crippen LogP contribution >= 0.6 is 0 Å². The molecule has 1 saturated carbocycles. The number of nitrogens with zero attached hydrogens (tertiary/aromatic N) is 2. The Hall–Kier alpha value is -2.95. The third-order valence-electron chi connectivity index (χ3n) is 4.01. The molecule has 120 valence electrons. The molecule has 2 aromatic carbocycles. The van der Waals surface area contributed by atoms with E-state index in [-0.39, 0.29) is 17.8 Å². The van der Waals surface area contributed by atoms with E-state index in [1.807, 2.05) is 30.3 Å². The topological polar surface area (TPSA) is 46.9 Å². The first-order chi connectivity index (χ1) is 11.7. The molecule has 1 aliphatic rings. The fourth-order valence-electron chi connectivity index (χ4n) is 2.56. The van der Waals surface area contributed by atoms with E-state index in [1.165, 1.54) is 12.1 Å². The Kier molecular flexibility index (Phi) is 3.61. The van der Waals surface area contributed by atoms with Crippen LogP contribution in [0.25, 0.3) is 16.9 Å². The molecule has 0 spiro atoms. The van der Waals surface area contributed by atoms with Gasteiger partial charge in [0.25, 0.3) is 5.91 Å². The van der Waals surface area contributed by atoms with Crippen LogP contribution in [0, 0.1) is 5.82 Å². The van der Waals surface area contributed by atoms with E-state index in [2.05, 4.69) is 10.4 Å². The second-order valence-electron chi connectivity index (χ2n) is 5.93. The number of nitrogens with one attached hydrogen (secondary N) is 1. The summed E-state index contributed by atoms with van der Waals surface area (Å²) >= 11 is 0. The van der Waals surface area contributed by atoms with E-state index in [0.717, 1.165) is 18.5 Å². The number of para-hydroxylation sites is 1. The molecular formula is C19H16FN3O. The molecule has 1 amide bonds.